The zero-order chi connectivity index (χ0) is 12.4. The van der Waals surface area contributed by atoms with Crippen molar-refractivity contribution in [3.63, 3.8) is 0 Å². The van der Waals surface area contributed by atoms with E-state index in [1.807, 2.05) is 6.92 Å². The topological polar surface area (TPSA) is 34.3 Å². The van der Waals surface area contributed by atoms with E-state index >= 15 is 0 Å². The molecule has 1 aromatic carbocycles. The van der Waals surface area contributed by atoms with Gasteiger partial charge in [0.2, 0.25) is 0 Å². The minimum absolute atomic E-state index is 0. The van der Waals surface area contributed by atoms with Crippen molar-refractivity contribution < 1.29 is 21.6 Å². The Morgan fingerprint density at radius 3 is 2.32 bits per heavy atom. The Morgan fingerprint density at radius 2 is 1.79 bits per heavy atom. The number of aliphatic hydroxyl groups excluding tert-OH is 1. The van der Waals surface area contributed by atoms with E-state index in [1.54, 1.807) is 0 Å². The summed E-state index contributed by atoms with van der Waals surface area (Å²) >= 11 is 0. The Bertz CT molecular complexity index is 372. The number of benzene rings is 1. The molecule has 1 N–H and O–H groups in total. The molecule has 0 aliphatic heterocycles. The SMILES string of the molecule is Cc1cccc(C)c1[N-]C1CCCC1C(C)O.[CH3-].[Ni+2]. The maximum atomic E-state index is 9.78. The molecule has 0 saturated heterocycles. The van der Waals surface area contributed by atoms with Gasteiger partial charge in [-0.3, -0.25) is 0 Å². The smallest absolute Gasteiger partial charge is 0.681 e. The number of hydrogen-bond acceptors (Lipinski definition) is 1. The molecule has 0 amide bonds. The van der Waals surface area contributed by atoms with Gasteiger partial charge in [0.25, 0.3) is 0 Å². The maximum absolute atomic E-state index is 9.78. The van der Waals surface area contributed by atoms with Gasteiger partial charge in [0.15, 0.2) is 0 Å². The standard InChI is InChI=1S/C15H22NO.CH3.Ni/c1-10-6-4-7-11(2)15(10)16-14-9-5-8-13(14)12(3)17;;/h4,6-7,12-14,17H,5,8-9H2,1-3H3;1H3;/q2*-1;+2. The second kappa shape index (κ2) is 7.92. The van der Waals surface area contributed by atoms with E-state index in [0.717, 1.165) is 18.5 Å². The van der Waals surface area contributed by atoms with Gasteiger partial charge in [-0.1, -0.05) is 42.2 Å². The van der Waals surface area contributed by atoms with E-state index in [2.05, 4.69) is 32.0 Å². The number of nitrogens with zero attached hydrogens (tertiary/aromatic N) is 1. The molecule has 1 aromatic rings. The molecule has 3 atom stereocenters. The monoisotopic (exact) mass is 305 g/mol. The first-order chi connectivity index (χ1) is 8.09. The summed E-state index contributed by atoms with van der Waals surface area (Å²) in [5, 5.41) is 14.7. The molecule has 0 aromatic heterocycles. The van der Waals surface area contributed by atoms with E-state index < -0.39 is 0 Å². The molecule has 110 valence electrons. The summed E-state index contributed by atoms with van der Waals surface area (Å²) in [6.07, 6.45) is 3.17. The fraction of sp³-hybridized carbons (Fsp3) is 0.562. The third kappa shape index (κ3) is 4.22. The average Bonchev–Trinajstić information content (AvgIpc) is 2.72. The maximum Gasteiger partial charge on any atom is 2.00 e. The van der Waals surface area contributed by atoms with Crippen LogP contribution in [-0.4, -0.2) is 17.3 Å². The second-order valence-corrected chi connectivity index (χ2v) is 5.27. The minimum atomic E-state index is -0.240. The second-order valence-electron chi connectivity index (χ2n) is 5.27. The zero-order valence-corrected chi connectivity index (χ0v) is 13.3. The van der Waals surface area contributed by atoms with Gasteiger partial charge >= 0.3 is 16.5 Å². The van der Waals surface area contributed by atoms with Gasteiger partial charge in [0.1, 0.15) is 0 Å². The minimum Gasteiger partial charge on any atom is -0.681 e. The Kier molecular flexibility index (Phi) is 7.70. The molecule has 1 aliphatic carbocycles. The van der Waals surface area contributed by atoms with Crippen LogP contribution in [0.3, 0.4) is 0 Å². The van der Waals surface area contributed by atoms with Crippen LogP contribution in [0.5, 0.6) is 0 Å². The Morgan fingerprint density at radius 1 is 1.21 bits per heavy atom. The summed E-state index contributed by atoms with van der Waals surface area (Å²) in [5.41, 5.74) is 3.60. The van der Waals surface area contributed by atoms with Gasteiger partial charge in [0.05, 0.1) is 6.10 Å². The van der Waals surface area contributed by atoms with E-state index in [9.17, 15) is 5.11 Å². The van der Waals surface area contributed by atoms with Gasteiger partial charge in [-0.25, -0.2) is 0 Å². The first-order valence-corrected chi connectivity index (χ1v) is 6.54. The molecule has 0 radical (unpaired) electrons. The van der Waals surface area contributed by atoms with Gasteiger partial charge in [0, 0.05) is 0 Å². The Labute approximate surface area is 127 Å². The molecule has 2 nitrogen and oxygen atoms in total. The van der Waals surface area contributed by atoms with Crippen molar-refractivity contribution in [2.24, 2.45) is 5.92 Å². The van der Waals surface area contributed by atoms with Crippen molar-refractivity contribution in [1.82, 2.24) is 0 Å². The number of rotatable bonds is 3. The van der Waals surface area contributed by atoms with Crippen LogP contribution in [0, 0.1) is 27.2 Å². The molecular formula is C16H25NNiO. The first-order valence-electron chi connectivity index (χ1n) is 6.54. The van der Waals surface area contributed by atoms with Crippen molar-refractivity contribution in [2.75, 3.05) is 0 Å². The summed E-state index contributed by atoms with van der Waals surface area (Å²) in [5.74, 6) is 0.342. The summed E-state index contributed by atoms with van der Waals surface area (Å²) < 4.78 is 0. The van der Waals surface area contributed by atoms with E-state index in [1.165, 1.54) is 17.5 Å². The predicted octanol–water partition coefficient (Wildman–Crippen LogP) is 4.31. The number of aryl methyl sites for hydroxylation is 2. The van der Waals surface area contributed by atoms with Gasteiger partial charge < -0.3 is 17.8 Å². The number of aliphatic hydroxyl groups is 1. The molecule has 3 heteroatoms. The molecule has 0 spiro atoms. The van der Waals surface area contributed by atoms with Crippen molar-refractivity contribution in [1.29, 1.82) is 0 Å². The quantitative estimate of drug-likeness (QED) is 0.655. The Balaban J connectivity index is 0.00000162. The molecule has 2 rings (SSSR count). The van der Waals surface area contributed by atoms with Crippen LogP contribution in [0.1, 0.15) is 37.3 Å². The van der Waals surface area contributed by atoms with E-state index in [4.69, 9.17) is 5.32 Å². The summed E-state index contributed by atoms with van der Waals surface area (Å²) in [6.45, 7) is 6.11. The Hall–Kier alpha value is -0.526. The van der Waals surface area contributed by atoms with Crippen LogP contribution in [0.4, 0.5) is 5.69 Å². The predicted molar refractivity (Wildman–Crippen MR) is 78.2 cm³/mol. The third-order valence-electron chi connectivity index (χ3n) is 3.89. The largest absolute Gasteiger partial charge is 2.00 e. The summed E-state index contributed by atoms with van der Waals surface area (Å²) in [4.78, 5) is 0. The molecule has 1 aliphatic rings. The van der Waals surface area contributed by atoms with Crippen LogP contribution in [0.2, 0.25) is 0 Å². The van der Waals surface area contributed by atoms with Gasteiger partial charge in [-0.15, -0.1) is 11.7 Å². The molecule has 19 heavy (non-hydrogen) atoms. The molecule has 0 bridgehead atoms. The zero-order valence-electron chi connectivity index (χ0n) is 12.3. The molecule has 3 unspecified atom stereocenters. The van der Waals surface area contributed by atoms with Crippen LogP contribution in [-0.2, 0) is 16.5 Å². The van der Waals surface area contributed by atoms with Crippen LogP contribution < -0.4 is 0 Å². The average molecular weight is 306 g/mol. The van der Waals surface area contributed by atoms with Crippen molar-refractivity contribution in [2.45, 2.75) is 52.2 Å². The fourth-order valence-electron chi connectivity index (χ4n) is 2.87. The number of para-hydroxylation sites is 1. The van der Waals surface area contributed by atoms with Gasteiger partial charge in [-0.2, -0.15) is 0 Å². The normalized spacial score (nSPS) is 23.2. The van der Waals surface area contributed by atoms with Crippen molar-refractivity contribution in [3.05, 3.63) is 42.1 Å². The molecule has 1 fully saturated rings. The fourth-order valence-corrected chi connectivity index (χ4v) is 2.87. The van der Waals surface area contributed by atoms with E-state index in [-0.39, 0.29) is 30.0 Å². The number of hydrogen-bond donors (Lipinski definition) is 1. The molecule has 0 heterocycles. The van der Waals surface area contributed by atoms with E-state index in [0.29, 0.717) is 12.0 Å². The molecule has 1 saturated carbocycles. The van der Waals surface area contributed by atoms with Gasteiger partial charge in [-0.05, 0) is 33.1 Å². The van der Waals surface area contributed by atoms with Crippen LogP contribution in [0.25, 0.3) is 5.32 Å². The van der Waals surface area contributed by atoms with Crippen molar-refractivity contribution >= 4 is 5.69 Å². The van der Waals surface area contributed by atoms with Crippen LogP contribution >= 0.6 is 0 Å². The summed E-state index contributed by atoms with van der Waals surface area (Å²) in [6, 6.07) is 6.59. The van der Waals surface area contributed by atoms with Crippen LogP contribution in [0.15, 0.2) is 18.2 Å². The third-order valence-corrected chi connectivity index (χ3v) is 3.89. The molecular weight excluding hydrogens is 281 g/mol. The summed E-state index contributed by atoms with van der Waals surface area (Å²) in [7, 11) is 0. The first kappa shape index (κ1) is 18.5. The van der Waals surface area contributed by atoms with Crippen molar-refractivity contribution in [3.8, 4) is 0 Å².